The number of hydrogen-bond donors (Lipinski definition) is 0. The van der Waals surface area contributed by atoms with Crippen LogP contribution in [0.1, 0.15) is 31.9 Å². The van der Waals surface area contributed by atoms with Gasteiger partial charge in [-0.05, 0) is 22.6 Å². The molecule has 2 aromatic rings. The summed E-state index contributed by atoms with van der Waals surface area (Å²) in [6.45, 7) is 6.30. The van der Waals surface area contributed by atoms with Crippen LogP contribution in [0.15, 0.2) is 53.7 Å². The van der Waals surface area contributed by atoms with Gasteiger partial charge in [-0.25, -0.2) is 8.42 Å². The van der Waals surface area contributed by atoms with Crippen LogP contribution in [0, 0.1) is 5.21 Å². The predicted octanol–water partition coefficient (Wildman–Crippen LogP) is 2.59. The summed E-state index contributed by atoms with van der Waals surface area (Å²) in [6.07, 6.45) is 1.19. The molecule has 112 valence electrons. The molecule has 0 unspecified atom stereocenters. The van der Waals surface area contributed by atoms with Gasteiger partial charge in [-0.3, -0.25) is 0 Å². The number of rotatable bonds is 3. The van der Waals surface area contributed by atoms with E-state index in [-0.39, 0.29) is 16.2 Å². The summed E-state index contributed by atoms with van der Waals surface area (Å²) in [5.74, 6) is -0.177. The summed E-state index contributed by atoms with van der Waals surface area (Å²) in [5.41, 5.74) is 1.84. The fourth-order valence-electron chi connectivity index (χ4n) is 2.05. The molecule has 0 spiro atoms. The summed E-state index contributed by atoms with van der Waals surface area (Å²) in [7, 11) is -3.64. The molecule has 0 bridgehead atoms. The van der Waals surface area contributed by atoms with E-state index >= 15 is 0 Å². The van der Waals surface area contributed by atoms with Crippen LogP contribution in [-0.4, -0.2) is 8.42 Å². The Hall–Kier alpha value is -1.88. The number of aromatic nitrogens is 1. The van der Waals surface area contributed by atoms with Crippen LogP contribution in [0.4, 0.5) is 0 Å². The second kappa shape index (κ2) is 5.48. The third-order valence-electron chi connectivity index (χ3n) is 3.28. The molecule has 0 aliphatic carbocycles. The number of nitrogens with zero attached hydrogens (tertiary/aromatic N) is 1. The molecular weight excluding hydrogens is 286 g/mol. The molecule has 0 radical (unpaired) electrons. The zero-order valence-electron chi connectivity index (χ0n) is 12.4. The van der Waals surface area contributed by atoms with Gasteiger partial charge < -0.3 is 5.21 Å². The zero-order chi connectivity index (χ0) is 15.7. The van der Waals surface area contributed by atoms with Crippen LogP contribution in [0.25, 0.3) is 0 Å². The van der Waals surface area contributed by atoms with Gasteiger partial charge in [-0.1, -0.05) is 45.0 Å². The number of pyridine rings is 1. The van der Waals surface area contributed by atoms with Crippen molar-refractivity contribution in [3.05, 3.63) is 65.0 Å². The Bertz CT molecular complexity index is 729. The number of sulfone groups is 1. The second-order valence-electron chi connectivity index (χ2n) is 6.07. The fraction of sp³-hybridized carbons (Fsp3) is 0.312. The largest absolute Gasteiger partial charge is 0.618 e. The molecule has 0 amide bonds. The van der Waals surface area contributed by atoms with Gasteiger partial charge in [-0.2, -0.15) is 4.73 Å². The lowest BCUT2D eigenvalue weighted by Gasteiger charge is -2.19. The van der Waals surface area contributed by atoms with Gasteiger partial charge in [-0.15, -0.1) is 0 Å². The van der Waals surface area contributed by atoms with Crippen LogP contribution in [0.5, 0.6) is 0 Å². The molecule has 4 nitrogen and oxygen atoms in total. The van der Waals surface area contributed by atoms with E-state index in [9.17, 15) is 13.6 Å². The third-order valence-corrected chi connectivity index (χ3v) is 4.95. The number of benzene rings is 1. The Labute approximate surface area is 125 Å². The highest BCUT2D eigenvalue weighted by atomic mass is 32.2. The van der Waals surface area contributed by atoms with Crippen molar-refractivity contribution in [3.63, 3.8) is 0 Å². The molecule has 0 saturated heterocycles. The van der Waals surface area contributed by atoms with Crippen molar-refractivity contribution in [3.8, 4) is 0 Å². The summed E-state index contributed by atoms with van der Waals surface area (Å²) in [5, 5.41) is 11.4. The Balaban J connectivity index is 2.28. The highest BCUT2D eigenvalue weighted by Crippen LogP contribution is 2.23. The third kappa shape index (κ3) is 3.61. The molecule has 0 fully saturated rings. The normalized spacial score (nSPS) is 12.3. The van der Waals surface area contributed by atoms with Gasteiger partial charge in [0, 0.05) is 12.1 Å². The van der Waals surface area contributed by atoms with Gasteiger partial charge in [0.2, 0.25) is 9.84 Å². The Morgan fingerprint density at radius 3 is 2.19 bits per heavy atom. The highest BCUT2D eigenvalue weighted by Gasteiger charge is 2.24. The molecule has 21 heavy (non-hydrogen) atoms. The van der Waals surface area contributed by atoms with Gasteiger partial charge in [0.15, 0.2) is 6.20 Å². The summed E-state index contributed by atoms with van der Waals surface area (Å²) >= 11 is 0. The molecule has 0 saturated carbocycles. The molecule has 1 aromatic heterocycles. The van der Waals surface area contributed by atoms with Crippen LogP contribution in [0.2, 0.25) is 0 Å². The first-order chi connectivity index (χ1) is 9.70. The molecule has 0 N–H and O–H groups in total. The van der Waals surface area contributed by atoms with E-state index in [1.165, 1.54) is 18.3 Å². The molecule has 2 rings (SSSR count). The first-order valence-corrected chi connectivity index (χ1v) is 8.36. The lowest BCUT2D eigenvalue weighted by molar-refractivity contribution is -0.646. The van der Waals surface area contributed by atoms with E-state index in [1.807, 2.05) is 12.1 Å². The molecule has 0 aliphatic heterocycles. The summed E-state index contributed by atoms with van der Waals surface area (Å²) in [4.78, 5) is 0. The first-order valence-electron chi connectivity index (χ1n) is 6.70. The van der Waals surface area contributed by atoms with Gasteiger partial charge in [0.05, 0.1) is 5.75 Å². The van der Waals surface area contributed by atoms with Crippen LogP contribution in [-0.2, 0) is 21.0 Å². The van der Waals surface area contributed by atoms with Crippen LogP contribution < -0.4 is 4.73 Å². The molecule has 5 heteroatoms. The lowest BCUT2D eigenvalue weighted by Crippen LogP contribution is -2.33. The quantitative estimate of drug-likeness (QED) is 0.647. The minimum absolute atomic E-state index is 0.0227. The Morgan fingerprint density at radius 1 is 1.05 bits per heavy atom. The summed E-state index contributed by atoms with van der Waals surface area (Å²) < 4.78 is 25.0. The van der Waals surface area contributed by atoms with E-state index in [1.54, 1.807) is 18.2 Å². The van der Waals surface area contributed by atoms with Gasteiger partial charge in [0.25, 0.3) is 0 Å². The Kier molecular flexibility index (Phi) is 4.05. The van der Waals surface area contributed by atoms with Gasteiger partial charge >= 0.3 is 5.03 Å². The van der Waals surface area contributed by atoms with E-state index < -0.39 is 9.84 Å². The molecular formula is C16H19NO3S. The standard InChI is InChI=1S/C16H19NO3S/c1-16(2,3)14-9-7-13(8-10-14)12-21(19,20)15-6-4-5-11-17(15)18/h4-11H,12H2,1-3H3. The summed E-state index contributed by atoms with van der Waals surface area (Å²) in [6, 6.07) is 11.8. The molecule has 0 aliphatic rings. The molecule has 1 heterocycles. The molecule has 0 atom stereocenters. The first kappa shape index (κ1) is 15.5. The van der Waals surface area contributed by atoms with Crippen molar-refractivity contribution >= 4 is 9.84 Å². The van der Waals surface area contributed by atoms with Crippen molar-refractivity contribution in [1.29, 1.82) is 0 Å². The topological polar surface area (TPSA) is 61.1 Å². The smallest absolute Gasteiger partial charge is 0.308 e. The second-order valence-corrected chi connectivity index (χ2v) is 8.01. The van der Waals surface area contributed by atoms with E-state index in [2.05, 4.69) is 20.8 Å². The van der Waals surface area contributed by atoms with E-state index in [0.29, 0.717) is 10.3 Å². The minimum Gasteiger partial charge on any atom is -0.618 e. The lowest BCUT2D eigenvalue weighted by atomic mass is 9.87. The predicted molar refractivity (Wildman–Crippen MR) is 81.4 cm³/mol. The van der Waals surface area contributed by atoms with Gasteiger partial charge in [0.1, 0.15) is 0 Å². The highest BCUT2D eigenvalue weighted by molar-refractivity contribution is 7.90. The SMILES string of the molecule is CC(C)(C)c1ccc(CS(=O)(=O)c2cccc[n+]2[O-])cc1. The van der Waals surface area contributed by atoms with Crippen molar-refractivity contribution in [1.82, 2.24) is 0 Å². The van der Waals surface area contributed by atoms with Crippen molar-refractivity contribution in [2.45, 2.75) is 37.0 Å². The van der Waals surface area contributed by atoms with Crippen molar-refractivity contribution in [2.75, 3.05) is 0 Å². The maximum absolute atomic E-state index is 12.3. The average molecular weight is 305 g/mol. The fourth-order valence-corrected chi connectivity index (χ4v) is 3.45. The molecule has 1 aromatic carbocycles. The average Bonchev–Trinajstić information content (AvgIpc) is 2.38. The maximum Gasteiger partial charge on any atom is 0.308 e. The van der Waals surface area contributed by atoms with Crippen LogP contribution in [0.3, 0.4) is 0 Å². The van der Waals surface area contributed by atoms with Crippen LogP contribution >= 0.6 is 0 Å². The van der Waals surface area contributed by atoms with E-state index in [4.69, 9.17) is 0 Å². The monoisotopic (exact) mass is 305 g/mol. The number of hydrogen-bond acceptors (Lipinski definition) is 3. The Morgan fingerprint density at radius 2 is 1.67 bits per heavy atom. The van der Waals surface area contributed by atoms with Crippen molar-refractivity contribution < 1.29 is 13.1 Å². The zero-order valence-corrected chi connectivity index (χ0v) is 13.2. The van der Waals surface area contributed by atoms with E-state index in [0.717, 1.165) is 5.56 Å². The minimum atomic E-state index is -3.64. The maximum atomic E-state index is 12.3. The van der Waals surface area contributed by atoms with Crippen molar-refractivity contribution in [2.24, 2.45) is 0 Å².